The number of thiazole rings is 1. The molecule has 1 rings (SSSR count). The maximum Gasteiger partial charge on any atom is 0.223 e. The number of amides is 1. The molecule has 10 heteroatoms. The Bertz CT molecular complexity index is 630. The quantitative estimate of drug-likeness (QED) is 0.270. The normalized spacial score (nSPS) is 13.1. The van der Waals surface area contributed by atoms with E-state index in [1.165, 1.54) is 18.3 Å². The van der Waals surface area contributed by atoms with Crippen molar-refractivity contribution in [1.82, 2.24) is 20.9 Å². The van der Waals surface area contributed by atoms with Crippen LogP contribution in [0.3, 0.4) is 0 Å². The van der Waals surface area contributed by atoms with E-state index in [-0.39, 0.29) is 17.9 Å². The minimum Gasteiger partial charge on any atom is -0.369 e. The minimum absolute atomic E-state index is 0.000331. The van der Waals surface area contributed by atoms with E-state index >= 15 is 0 Å². The lowest BCUT2D eigenvalue weighted by Gasteiger charge is -2.17. The van der Waals surface area contributed by atoms with Crippen molar-refractivity contribution in [3.05, 3.63) is 11.1 Å². The highest BCUT2D eigenvalue weighted by atomic mass is 32.1. The third-order valence-corrected chi connectivity index (χ3v) is 3.43. The lowest BCUT2D eigenvalue weighted by atomic mass is 10.1. The van der Waals surface area contributed by atoms with E-state index in [9.17, 15) is 4.79 Å². The van der Waals surface area contributed by atoms with Crippen LogP contribution in [-0.2, 0) is 4.79 Å². The fourth-order valence-electron chi connectivity index (χ4n) is 1.76. The summed E-state index contributed by atoms with van der Waals surface area (Å²) < 4.78 is 0. The van der Waals surface area contributed by atoms with E-state index in [0.29, 0.717) is 11.1 Å². The van der Waals surface area contributed by atoms with Crippen molar-refractivity contribution in [3.8, 4) is 6.19 Å². The molecule has 1 unspecified atom stereocenters. The number of hydrogen-bond donors (Lipinski definition) is 4. The van der Waals surface area contributed by atoms with Gasteiger partial charge in [0.05, 0.1) is 11.7 Å². The number of carbonyl (C=O) groups excluding carboxylic acids is 1. The fourth-order valence-corrected chi connectivity index (χ4v) is 2.51. The smallest absolute Gasteiger partial charge is 0.223 e. The summed E-state index contributed by atoms with van der Waals surface area (Å²) in [4.78, 5) is 23.3. The zero-order chi connectivity index (χ0) is 17.2. The van der Waals surface area contributed by atoms with Gasteiger partial charge in [0.2, 0.25) is 23.0 Å². The number of nitriles is 1. The number of carbonyl (C=O) groups is 1. The lowest BCUT2D eigenvalue weighted by Crippen LogP contribution is -2.37. The Labute approximate surface area is 138 Å². The van der Waals surface area contributed by atoms with Crippen molar-refractivity contribution in [1.29, 1.82) is 5.26 Å². The molecule has 0 spiro atoms. The molecule has 5 N–H and O–H groups in total. The first kappa shape index (κ1) is 18.4. The van der Waals surface area contributed by atoms with E-state index in [1.807, 2.05) is 11.6 Å². The predicted molar refractivity (Wildman–Crippen MR) is 90.1 cm³/mol. The molecular formula is C13H20N8OS. The van der Waals surface area contributed by atoms with E-state index in [0.717, 1.165) is 18.5 Å². The largest absolute Gasteiger partial charge is 0.369 e. The van der Waals surface area contributed by atoms with Gasteiger partial charge in [0.25, 0.3) is 0 Å². The minimum atomic E-state index is -0.292. The van der Waals surface area contributed by atoms with Crippen molar-refractivity contribution in [2.45, 2.75) is 32.7 Å². The number of hydrogen-bond acceptors (Lipinski definition) is 6. The summed E-state index contributed by atoms with van der Waals surface area (Å²) >= 11 is 1.31. The zero-order valence-corrected chi connectivity index (χ0v) is 14.1. The molecule has 23 heavy (non-hydrogen) atoms. The molecule has 1 amide bonds. The Morgan fingerprint density at radius 2 is 2.35 bits per heavy atom. The molecule has 0 saturated carbocycles. The second-order valence-electron chi connectivity index (χ2n) is 4.53. The van der Waals surface area contributed by atoms with Crippen LogP contribution in [0, 0.1) is 11.5 Å². The highest BCUT2D eigenvalue weighted by Crippen LogP contribution is 2.25. The number of nitrogens with zero attached hydrogens (tertiary/aromatic N) is 4. The van der Waals surface area contributed by atoms with E-state index < -0.39 is 0 Å². The molecule has 0 bridgehead atoms. The van der Waals surface area contributed by atoms with Crippen molar-refractivity contribution in [3.63, 3.8) is 0 Å². The first-order valence-corrected chi connectivity index (χ1v) is 7.83. The van der Waals surface area contributed by atoms with E-state index in [1.54, 1.807) is 7.05 Å². The molecule has 1 heterocycles. The number of aromatic nitrogens is 1. The van der Waals surface area contributed by atoms with Gasteiger partial charge in [-0.25, -0.2) is 4.98 Å². The Balaban J connectivity index is 2.89. The van der Waals surface area contributed by atoms with Gasteiger partial charge in [-0.15, -0.1) is 11.3 Å². The van der Waals surface area contributed by atoms with Gasteiger partial charge in [-0.2, -0.15) is 10.3 Å². The third-order valence-electron chi connectivity index (χ3n) is 2.67. The summed E-state index contributed by atoms with van der Waals surface area (Å²) in [6.07, 6.45) is 3.56. The highest BCUT2D eigenvalue weighted by molar-refractivity contribution is 7.13. The number of nitrogens with one attached hydrogen (secondary N) is 3. The van der Waals surface area contributed by atoms with Crippen molar-refractivity contribution in [2.75, 3.05) is 7.05 Å². The SMILES string of the molecule is CCCC(NC(=NC)NC#N)c1csc(/N=C(\N)NC(C)=O)n1. The van der Waals surface area contributed by atoms with Crippen LogP contribution in [0.5, 0.6) is 0 Å². The van der Waals surface area contributed by atoms with Gasteiger partial charge in [0.1, 0.15) is 0 Å². The molecule has 0 radical (unpaired) electrons. The summed E-state index contributed by atoms with van der Waals surface area (Å²) in [6.45, 7) is 3.40. The maximum atomic E-state index is 10.9. The average molecular weight is 336 g/mol. The summed E-state index contributed by atoms with van der Waals surface area (Å²) in [5.41, 5.74) is 6.37. The third kappa shape index (κ3) is 6.31. The van der Waals surface area contributed by atoms with Crippen LogP contribution in [0.4, 0.5) is 5.13 Å². The Morgan fingerprint density at radius 1 is 1.61 bits per heavy atom. The molecule has 0 saturated heterocycles. The number of guanidine groups is 2. The number of nitrogens with two attached hydrogens (primary N) is 1. The predicted octanol–water partition coefficient (Wildman–Crippen LogP) is 0.713. The van der Waals surface area contributed by atoms with E-state index in [2.05, 4.69) is 37.8 Å². The average Bonchev–Trinajstić information content (AvgIpc) is 2.93. The number of rotatable bonds is 5. The van der Waals surface area contributed by atoms with Crippen LogP contribution < -0.4 is 21.7 Å². The molecule has 0 aliphatic rings. The van der Waals surface area contributed by atoms with Gasteiger partial charge >= 0.3 is 0 Å². The summed E-state index contributed by atoms with van der Waals surface area (Å²) in [7, 11) is 1.58. The first-order chi connectivity index (χ1) is 11.0. The van der Waals surface area contributed by atoms with Crippen LogP contribution >= 0.6 is 11.3 Å². The van der Waals surface area contributed by atoms with Gasteiger partial charge in [-0.1, -0.05) is 13.3 Å². The maximum absolute atomic E-state index is 10.9. The van der Waals surface area contributed by atoms with Crippen LogP contribution in [-0.4, -0.2) is 29.9 Å². The monoisotopic (exact) mass is 336 g/mol. The van der Waals surface area contributed by atoms with Gasteiger partial charge in [-0.05, 0) is 6.42 Å². The second-order valence-corrected chi connectivity index (χ2v) is 5.36. The van der Waals surface area contributed by atoms with Crippen molar-refractivity contribution < 1.29 is 4.79 Å². The molecule has 1 aromatic heterocycles. The van der Waals surface area contributed by atoms with E-state index in [4.69, 9.17) is 11.0 Å². The standard InChI is InChI=1S/C13H20N8OS/c1-4-5-9(19-12(16-3)17-7-14)10-6-23-13(20-10)21-11(15)18-8(2)22/h6,9H,4-5H2,1-3H3,(H2,16,17,19)(H3,15,18,20,21,22). The Hall–Kier alpha value is -2.67. The zero-order valence-electron chi connectivity index (χ0n) is 13.3. The molecular weight excluding hydrogens is 316 g/mol. The topological polar surface area (TPSA) is 141 Å². The summed E-state index contributed by atoms with van der Waals surface area (Å²) in [5, 5.41) is 19.0. The Kier molecular flexibility index (Phi) is 7.49. The molecule has 0 aromatic carbocycles. The summed E-state index contributed by atoms with van der Waals surface area (Å²) in [6, 6.07) is -0.109. The van der Waals surface area contributed by atoms with Crippen LogP contribution in [0.1, 0.15) is 38.4 Å². The molecule has 1 atom stereocenters. The second kappa shape index (κ2) is 9.37. The first-order valence-electron chi connectivity index (χ1n) is 6.95. The van der Waals surface area contributed by atoms with Crippen LogP contribution in [0.15, 0.2) is 15.4 Å². The van der Waals surface area contributed by atoms with Gasteiger partial charge < -0.3 is 11.1 Å². The highest BCUT2D eigenvalue weighted by Gasteiger charge is 2.16. The molecule has 0 aliphatic carbocycles. The number of aliphatic imine (C=N–C) groups is 2. The fraction of sp³-hybridized carbons (Fsp3) is 0.462. The van der Waals surface area contributed by atoms with Crippen molar-refractivity contribution in [2.24, 2.45) is 15.7 Å². The molecule has 0 fully saturated rings. The molecule has 9 nitrogen and oxygen atoms in total. The van der Waals surface area contributed by atoms with Gasteiger partial charge in [-0.3, -0.25) is 20.4 Å². The van der Waals surface area contributed by atoms with Crippen molar-refractivity contribution >= 4 is 34.3 Å². The van der Waals surface area contributed by atoms with Crippen LogP contribution in [0.2, 0.25) is 0 Å². The molecule has 0 aliphatic heterocycles. The lowest BCUT2D eigenvalue weighted by molar-refractivity contribution is -0.117. The molecule has 1 aromatic rings. The Morgan fingerprint density at radius 3 is 2.91 bits per heavy atom. The molecule has 124 valence electrons. The summed E-state index contributed by atoms with van der Waals surface area (Å²) in [5.74, 6) is 0.0852. The van der Waals surface area contributed by atoms with Gasteiger partial charge in [0.15, 0.2) is 6.19 Å². The van der Waals surface area contributed by atoms with Crippen LogP contribution in [0.25, 0.3) is 0 Å². The van der Waals surface area contributed by atoms with Gasteiger partial charge in [0, 0.05) is 19.4 Å².